The van der Waals surface area contributed by atoms with Gasteiger partial charge < -0.3 is 20.7 Å². The summed E-state index contributed by atoms with van der Waals surface area (Å²) in [7, 11) is 0. The minimum Gasteiger partial charge on any atom is -0.407 e. The van der Waals surface area contributed by atoms with Gasteiger partial charge in [-0.05, 0) is 38.0 Å². The number of rotatable bonds is 7. The first-order chi connectivity index (χ1) is 17.1. The summed E-state index contributed by atoms with van der Waals surface area (Å²) in [6.07, 6.45) is -0.515. The Hall–Kier alpha value is -3.93. The van der Waals surface area contributed by atoms with E-state index in [0.717, 1.165) is 6.07 Å². The Labute approximate surface area is 208 Å². The number of halogens is 4. The quantitative estimate of drug-likeness (QED) is 0.419. The standard InChI is InChI=1S/C23H20ClF3N6O3/c1-13-28-10-15(11-29-13)36-21(35)33-22(6-7-22)20(34)31-12-19-17(24)8-14(9-30-19)32-18-5-3-2-4-16(18)23(25,26)27/h2-5,8-11,32H,6-7,12H2,1H3,(H,31,34)(H,33,35). The molecule has 0 spiro atoms. The van der Waals surface area contributed by atoms with E-state index in [4.69, 9.17) is 16.3 Å². The first-order valence-electron chi connectivity index (χ1n) is 10.7. The number of carbonyl (C=O) groups is 2. The molecule has 4 rings (SSSR count). The van der Waals surface area contributed by atoms with Crippen molar-refractivity contribution < 1.29 is 27.5 Å². The predicted molar refractivity (Wildman–Crippen MR) is 124 cm³/mol. The summed E-state index contributed by atoms with van der Waals surface area (Å²) in [5.74, 6) is 0.207. The Morgan fingerprint density at radius 1 is 1.11 bits per heavy atom. The van der Waals surface area contributed by atoms with Crippen LogP contribution in [0.3, 0.4) is 0 Å². The van der Waals surface area contributed by atoms with Crippen LogP contribution in [0.5, 0.6) is 5.75 Å². The number of hydrogen-bond donors (Lipinski definition) is 3. The number of anilines is 2. The molecule has 0 saturated heterocycles. The number of aromatic nitrogens is 3. The van der Waals surface area contributed by atoms with Crippen LogP contribution in [0.25, 0.3) is 0 Å². The van der Waals surface area contributed by atoms with Crippen molar-refractivity contribution in [3.63, 3.8) is 0 Å². The minimum absolute atomic E-state index is 0.0542. The molecular formula is C23H20ClF3N6O3. The van der Waals surface area contributed by atoms with Crippen LogP contribution in [0.4, 0.5) is 29.3 Å². The lowest BCUT2D eigenvalue weighted by atomic mass is 10.1. The molecule has 0 unspecified atom stereocenters. The monoisotopic (exact) mass is 520 g/mol. The van der Waals surface area contributed by atoms with E-state index in [9.17, 15) is 22.8 Å². The van der Waals surface area contributed by atoms with Gasteiger partial charge in [0.2, 0.25) is 5.91 Å². The highest BCUT2D eigenvalue weighted by Gasteiger charge is 2.51. The molecule has 36 heavy (non-hydrogen) atoms. The number of alkyl halides is 3. The first-order valence-corrected chi connectivity index (χ1v) is 11.1. The van der Waals surface area contributed by atoms with Crippen LogP contribution in [0.1, 0.15) is 29.9 Å². The molecule has 9 nitrogen and oxygen atoms in total. The van der Waals surface area contributed by atoms with Gasteiger partial charge in [0.25, 0.3) is 0 Å². The van der Waals surface area contributed by atoms with E-state index in [1.54, 1.807) is 6.92 Å². The van der Waals surface area contributed by atoms with Crippen LogP contribution >= 0.6 is 11.6 Å². The molecule has 1 aliphatic rings. The second kappa shape index (κ2) is 9.97. The van der Waals surface area contributed by atoms with Crippen LogP contribution in [-0.4, -0.2) is 32.5 Å². The zero-order valence-electron chi connectivity index (χ0n) is 18.8. The molecule has 2 heterocycles. The van der Waals surface area contributed by atoms with Crippen molar-refractivity contribution in [3.8, 4) is 5.75 Å². The Balaban J connectivity index is 1.34. The molecule has 3 aromatic rings. The van der Waals surface area contributed by atoms with Gasteiger partial charge in [0.1, 0.15) is 11.4 Å². The molecule has 1 aromatic carbocycles. The molecule has 0 radical (unpaired) electrons. The molecule has 2 amide bonds. The van der Waals surface area contributed by atoms with Gasteiger partial charge in [0.15, 0.2) is 5.75 Å². The van der Waals surface area contributed by atoms with Crippen molar-refractivity contribution in [1.29, 1.82) is 0 Å². The van der Waals surface area contributed by atoms with Gasteiger partial charge in [-0.25, -0.2) is 14.8 Å². The molecule has 2 aromatic heterocycles. The number of para-hydroxylation sites is 1. The summed E-state index contributed by atoms with van der Waals surface area (Å²) >= 11 is 6.25. The van der Waals surface area contributed by atoms with Gasteiger partial charge in [-0.1, -0.05) is 23.7 Å². The van der Waals surface area contributed by atoms with Crippen LogP contribution in [-0.2, 0) is 17.5 Å². The highest BCUT2D eigenvalue weighted by atomic mass is 35.5. The zero-order chi connectivity index (χ0) is 25.9. The highest BCUT2D eigenvalue weighted by Crippen LogP contribution is 2.37. The van der Waals surface area contributed by atoms with Crippen LogP contribution in [0.2, 0.25) is 5.02 Å². The smallest absolute Gasteiger partial charge is 0.407 e. The molecular weight excluding hydrogens is 501 g/mol. The minimum atomic E-state index is -4.53. The molecule has 1 saturated carbocycles. The lowest BCUT2D eigenvalue weighted by Gasteiger charge is -2.17. The van der Waals surface area contributed by atoms with E-state index in [2.05, 4.69) is 30.9 Å². The average Bonchev–Trinajstić information content (AvgIpc) is 3.60. The van der Waals surface area contributed by atoms with E-state index < -0.39 is 29.3 Å². The Bertz CT molecular complexity index is 1280. The van der Waals surface area contributed by atoms with Crippen molar-refractivity contribution in [2.24, 2.45) is 0 Å². The number of nitrogens with one attached hydrogen (secondary N) is 3. The maximum atomic E-state index is 13.2. The maximum absolute atomic E-state index is 13.2. The molecule has 0 bridgehead atoms. The van der Waals surface area contributed by atoms with Crippen molar-refractivity contribution in [2.75, 3.05) is 5.32 Å². The number of carbonyl (C=O) groups excluding carboxylic acids is 2. The third-order valence-electron chi connectivity index (χ3n) is 5.34. The highest BCUT2D eigenvalue weighted by molar-refractivity contribution is 6.31. The van der Waals surface area contributed by atoms with Gasteiger partial charge in [-0.15, -0.1) is 0 Å². The number of nitrogens with zero attached hydrogens (tertiary/aromatic N) is 3. The van der Waals surface area contributed by atoms with Gasteiger partial charge in [0, 0.05) is 0 Å². The van der Waals surface area contributed by atoms with E-state index in [0.29, 0.717) is 24.4 Å². The lowest BCUT2D eigenvalue weighted by Crippen LogP contribution is -2.49. The van der Waals surface area contributed by atoms with Gasteiger partial charge in [-0.2, -0.15) is 13.2 Å². The summed E-state index contributed by atoms with van der Waals surface area (Å²) in [6.45, 7) is 1.63. The average molecular weight is 521 g/mol. The third kappa shape index (κ3) is 6.00. The third-order valence-corrected chi connectivity index (χ3v) is 5.67. The molecule has 0 aliphatic heterocycles. The van der Waals surface area contributed by atoms with Crippen molar-refractivity contribution in [3.05, 3.63) is 71.0 Å². The molecule has 13 heteroatoms. The number of hydrogen-bond acceptors (Lipinski definition) is 7. The second-order valence-corrected chi connectivity index (χ2v) is 8.47. The zero-order valence-corrected chi connectivity index (χ0v) is 19.6. The van der Waals surface area contributed by atoms with E-state index in [-0.39, 0.29) is 28.7 Å². The van der Waals surface area contributed by atoms with E-state index >= 15 is 0 Å². The summed E-state index contributed by atoms with van der Waals surface area (Å²) < 4.78 is 44.7. The SMILES string of the molecule is Cc1ncc(OC(=O)NC2(C(=O)NCc3ncc(Nc4ccccc4C(F)(F)F)cc3Cl)CC2)cn1. The number of aryl methyl sites for hydroxylation is 1. The number of pyridine rings is 1. The molecule has 0 atom stereocenters. The van der Waals surface area contributed by atoms with Crippen LogP contribution in [0.15, 0.2) is 48.9 Å². The fraction of sp³-hybridized carbons (Fsp3) is 0.261. The second-order valence-electron chi connectivity index (χ2n) is 8.07. The Kier molecular flexibility index (Phi) is 6.97. The largest absolute Gasteiger partial charge is 0.418 e. The van der Waals surface area contributed by atoms with Crippen molar-refractivity contribution >= 4 is 35.0 Å². The first kappa shape index (κ1) is 25.2. The summed E-state index contributed by atoms with van der Waals surface area (Å²) in [6, 6.07) is 6.44. The van der Waals surface area contributed by atoms with Crippen molar-refractivity contribution in [2.45, 2.75) is 38.0 Å². The van der Waals surface area contributed by atoms with Gasteiger partial charge >= 0.3 is 12.3 Å². The van der Waals surface area contributed by atoms with Gasteiger partial charge in [0.05, 0.1) is 52.8 Å². The van der Waals surface area contributed by atoms with Crippen LogP contribution in [0, 0.1) is 6.92 Å². The maximum Gasteiger partial charge on any atom is 0.418 e. The van der Waals surface area contributed by atoms with E-state index in [1.807, 2.05) is 0 Å². The Morgan fingerprint density at radius 3 is 2.44 bits per heavy atom. The van der Waals surface area contributed by atoms with Crippen molar-refractivity contribution in [1.82, 2.24) is 25.6 Å². The normalized spacial score (nSPS) is 14.0. The number of benzene rings is 1. The molecule has 1 fully saturated rings. The fourth-order valence-corrected chi connectivity index (χ4v) is 3.52. The number of ether oxygens (including phenoxy) is 1. The summed E-state index contributed by atoms with van der Waals surface area (Å²) in [5, 5.41) is 8.02. The molecule has 1 aliphatic carbocycles. The van der Waals surface area contributed by atoms with E-state index in [1.165, 1.54) is 42.9 Å². The molecule has 188 valence electrons. The predicted octanol–water partition coefficient (Wildman–Crippen LogP) is 4.53. The molecule has 3 N–H and O–H groups in total. The van der Waals surface area contributed by atoms with Crippen LogP contribution < -0.4 is 20.7 Å². The fourth-order valence-electron chi connectivity index (χ4n) is 3.29. The topological polar surface area (TPSA) is 118 Å². The summed E-state index contributed by atoms with van der Waals surface area (Å²) in [5.41, 5.74) is -1.54. The Morgan fingerprint density at radius 2 is 1.81 bits per heavy atom. The summed E-state index contributed by atoms with van der Waals surface area (Å²) in [4.78, 5) is 36.9. The number of amides is 2. The van der Waals surface area contributed by atoms with Gasteiger partial charge in [-0.3, -0.25) is 9.78 Å². The lowest BCUT2D eigenvalue weighted by molar-refractivity contribution is -0.137.